The summed E-state index contributed by atoms with van der Waals surface area (Å²) in [5, 5.41) is 24.7. The first-order valence-corrected chi connectivity index (χ1v) is 5.85. The largest absolute Gasteiger partial charge is 0.480 e. The summed E-state index contributed by atoms with van der Waals surface area (Å²) in [5.41, 5.74) is 0. The topological polar surface area (TPSA) is 191 Å². The number of carbonyl (C=O) groups is 6. The van der Waals surface area contributed by atoms with Crippen molar-refractivity contribution >= 4 is 35.8 Å². The maximum atomic E-state index is 10.6. The van der Waals surface area contributed by atoms with Crippen LogP contribution in [0.3, 0.4) is 0 Å². The highest BCUT2D eigenvalue weighted by Gasteiger charge is 2.29. The number of urea groups is 2. The Kier molecular flexibility index (Phi) is 5.38. The van der Waals surface area contributed by atoms with E-state index in [1.807, 2.05) is 10.6 Å². The average molecular weight is 316 g/mol. The number of hydrogen-bond donors (Lipinski definition) is 6. The van der Waals surface area contributed by atoms with Gasteiger partial charge in [0.1, 0.15) is 12.1 Å². The first-order valence-electron chi connectivity index (χ1n) is 5.85. The van der Waals surface area contributed by atoms with Gasteiger partial charge < -0.3 is 20.8 Å². The standard InChI is InChI=1S/2C5H6N2O4/c2*8-3-1-2(4(9)10)6-5(11)7-3/h2*2H,1H2,(H,9,10)(H2,6,7,8,11). The van der Waals surface area contributed by atoms with E-state index in [0.717, 1.165) is 0 Å². The highest BCUT2D eigenvalue weighted by atomic mass is 16.4. The molecule has 120 valence electrons. The van der Waals surface area contributed by atoms with E-state index in [4.69, 9.17) is 10.2 Å². The lowest BCUT2D eigenvalue weighted by atomic mass is 10.2. The molecule has 0 radical (unpaired) electrons. The van der Waals surface area contributed by atoms with Gasteiger partial charge in [-0.05, 0) is 0 Å². The summed E-state index contributed by atoms with van der Waals surface area (Å²) in [7, 11) is 0. The smallest absolute Gasteiger partial charge is 0.326 e. The van der Waals surface area contributed by atoms with Gasteiger partial charge in [0.05, 0.1) is 12.8 Å². The second kappa shape index (κ2) is 7.01. The molecule has 2 atom stereocenters. The maximum absolute atomic E-state index is 10.6. The van der Waals surface area contributed by atoms with Crippen LogP contribution in [0.4, 0.5) is 9.59 Å². The summed E-state index contributed by atoms with van der Waals surface area (Å²) in [6.45, 7) is 0. The van der Waals surface area contributed by atoms with Crippen molar-refractivity contribution in [1.82, 2.24) is 21.3 Å². The number of carboxylic acid groups (broad SMARTS) is 2. The molecule has 0 spiro atoms. The van der Waals surface area contributed by atoms with Crippen molar-refractivity contribution in [3.8, 4) is 0 Å². The molecule has 2 rings (SSSR count). The van der Waals surface area contributed by atoms with Gasteiger partial charge in [-0.3, -0.25) is 20.2 Å². The van der Waals surface area contributed by atoms with Crippen molar-refractivity contribution in [3.05, 3.63) is 0 Å². The first kappa shape index (κ1) is 16.9. The SMILES string of the molecule is O=C1CC(C(=O)O)NC(=O)N1.O=C1CC(C(=O)O)NC(=O)N1. The third-order valence-electron chi connectivity index (χ3n) is 2.49. The van der Waals surface area contributed by atoms with E-state index in [0.29, 0.717) is 0 Å². The van der Waals surface area contributed by atoms with Crippen LogP contribution in [0.2, 0.25) is 0 Å². The summed E-state index contributed by atoms with van der Waals surface area (Å²) in [5.74, 6) is -3.54. The quantitative estimate of drug-likeness (QED) is 0.318. The van der Waals surface area contributed by atoms with Gasteiger partial charge >= 0.3 is 24.0 Å². The molecule has 2 unspecified atom stereocenters. The molecule has 2 aliphatic heterocycles. The van der Waals surface area contributed by atoms with Crippen molar-refractivity contribution in [2.75, 3.05) is 0 Å². The van der Waals surface area contributed by atoms with Gasteiger partial charge in [-0.2, -0.15) is 0 Å². The van der Waals surface area contributed by atoms with Crippen molar-refractivity contribution in [1.29, 1.82) is 0 Å². The average Bonchev–Trinajstić information content (AvgIpc) is 2.37. The molecule has 2 fully saturated rings. The van der Waals surface area contributed by atoms with Crippen LogP contribution >= 0.6 is 0 Å². The molecule has 0 aromatic rings. The Morgan fingerprint density at radius 1 is 0.773 bits per heavy atom. The molecule has 6 N–H and O–H groups in total. The fraction of sp³-hybridized carbons (Fsp3) is 0.400. The molecule has 2 heterocycles. The molecule has 2 aliphatic rings. The Morgan fingerprint density at radius 3 is 1.32 bits per heavy atom. The van der Waals surface area contributed by atoms with E-state index < -0.39 is 47.9 Å². The zero-order valence-corrected chi connectivity index (χ0v) is 10.9. The molecule has 6 amide bonds. The number of carbonyl (C=O) groups excluding carboxylic acids is 4. The van der Waals surface area contributed by atoms with Crippen LogP contribution in [-0.2, 0) is 19.2 Å². The normalized spacial score (nSPS) is 23.8. The fourth-order valence-corrected chi connectivity index (χ4v) is 1.51. The second-order valence-corrected chi connectivity index (χ2v) is 4.23. The number of imide groups is 2. The van der Waals surface area contributed by atoms with Crippen LogP contribution in [0.1, 0.15) is 12.8 Å². The Balaban J connectivity index is 0.000000220. The van der Waals surface area contributed by atoms with Crippen molar-refractivity contribution < 1.29 is 39.0 Å². The Hall–Kier alpha value is -3.18. The minimum atomic E-state index is -1.20. The first-order chi connectivity index (χ1) is 10.2. The molecular formula is C10H12N4O8. The molecule has 0 saturated carbocycles. The van der Waals surface area contributed by atoms with E-state index in [-0.39, 0.29) is 12.8 Å². The van der Waals surface area contributed by atoms with E-state index in [1.54, 1.807) is 0 Å². The number of hydrogen-bond acceptors (Lipinski definition) is 6. The minimum absolute atomic E-state index is 0.207. The maximum Gasteiger partial charge on any atom is 0.326 e. The molecular weight excluding hydrogens is 304 g/mol. The number of amides is 6. The van der Waals surface area contributed by atoms with Crippen LogP contribution < -0.4 is 21.3 Å². The van der Waals surface area contributed by atoms with Gasteiger partial charge in [0, 0.05) is 0 Å². The summed E-state index contributed by atoms with van der Waals surface area (Å²) in [6.07, 6.45) is -0.415. The molecule has 22 heavy (non-hydrogen) atoms. The van der Waals surface area contributed by atoms with Gasteiger partial charge in [0.15, 0.2) is 0 Å². The van der Waals surface area contributed by atoms with Crippen LogP contribution in [0.5, 0.6) is 0 Å². The van der Waals surface area contributed by atoms with Crippen molar-refractivity contribution in [2.24, 2.45) is 0 Å². The van der Waals surface area contributed by atoms with Crippen LogP contribution in [0.25, 0.3) is 0 Å². The van der Waals surface area contributed by atoms with Crippen molar-refractivity contribution in [3.63, 3.8) is 0 Å². The monoisotopic (exact) mass is 316 g/mol. The highest BCUT2D eigenvalue weighted by Crippen LogP contribution is 1.97. The predicted molar refractivity (Wildman–Crippen MR) is 65.4 cm³/mol. The van der Waals surface area contributed by atoms with Gasteiger partial charge in [0.25, 0.3) is 0 Å². The molecule has 12 nitrogen and oxygen atoms in total. The van der Waals surface area contributed by atoms with Gasteiger partial charge in [-0.25, -0.2) is 19.2 Å². The van der Waals surface area contributed by atoms with E-state index in [2.05, 4.69) is 10.6 Å². The summed E-state index contributed by atoms with van der Waals surface area (Å²) in [4.78, 5) is 62.6. The molecule has 0 aromatic carbocycles. The lowest BCUT2D eigenvalue weighted by Gasteiger charge is -2.18. The molecule has 0 bridgehead atoms. The predicted octanol–water partition coefficient (Wildman–Crippen LogP) is -2.66. The number of aliphatic carboxylic acids is 2. The minimum Gasteiger partial charge on any atom is -0.480 e. The Morgan fingerprint density at radius 2 is 1.09 bits per heavy atom. The zero-order valence-electron chi connectivity index (χ0n) is 10.9. The Labute approximate surface area is 122 Å². The molecule has 12 heteroatoms. The summed E-state index contributed by atoms with van der Waals surface area (Å²) in [6, 6.07) is -3.69. The summed E-state index contributed by atoms with van der Waals surface area (Å²) < 4.78 is 0. The van der Waals surface area contributed by atoms with E-state index in [9.17, 15) is 28.8 Å². The van der Waals surface area contributed by atoms with E-state index >= 15 is 0 Å². The van der Waals surface area contributed by atoms with Crippen molar-refractivity contribution in [2.45, 2.75) is 24.9 Å². The fourth-order valence-electron chi connectivity index (χ4n) is 1.51. The number of carboxylic acids is 2. The summed E-state index contributed by atoms with van der Waals surface area (Å²) >= 11 is 0. The van der Waals surface area contributed by atoms with Gasteiger partial charge in [-0.15, -0.1) is 0 Å². The molecule has 0 aliphatic carbocycles. The molecule has 2 saturated heterocycles. The zero-order chi connectivity index (χ0) is 16.9. The van der Waals surface area contributed by atoms with Crippen LogP contribution in [-0.4, -0.2) is 58.1 Å². The lowest BCUT2D eigenvalue weighted by Crippen LogP contribution is -2.55. The molecule has 0 aromatic heterocycles. The third kappa shape index (κ3) is 5.07. The van der Waals surface area contributed by atoms with Gasteiger partial charge in [-0.1, -0.05) is 0 Å². The lowest BCUT2D eigenvalue weighted by molar-refractivity contribution is -0.142. The van der Waals surface area contributed by atoms with Crippen LogP contribution in [0.15, 0.2) is 0 Å². The second-order valence-electron chi connectivity index (χ2n) is 4.23. The Bertz CT molecular complexity index is 465. The number of rotatable bonds is 2. The van der Waals surface area contributed by atoms with E-state index in [1.165, 1.54) is 0 Å². The van der Waals surface area contributed by atoms with Gasteiger partial charge in [0.2, 0.25) is 11.8 Å². The number of nitrogens with one attached hydrogen (secondary N) is 4. The van der Waals surface area contributed by atoms with Crippen LogP contribution in [0, 0.1) is 0 Å². The third-order valence-corrected chi connectivity index (χ3v) is 2.49. The highest BCUT2D eigenvalue weighted by molar-refractivity contribution is 6.01.